The fraction of sp³-hybridized carbons (Fsp3) is 0.333. The van der Waals surface area contributed by atoms with Crippen molar-refractivity contribution in [3.63, 3.8) is 0 Å². The fourth-order valence-electron chi connectivity index (χ4n) is 2.56. The molecule has 2 aromatic rings. The number of aryl methyl sites for hydroxylation is 2. The van der Waals surface area contributed by atoms with Gasteiger partial charge in [0.1, 0.15) is 0 Å². The molecule has 0 amide bonds. The minimum absolute atomic E-state index is 0.135. The van der Waals surface area contributed by atoms with Crippen LogP contribution in [-0.2, 0) is 18.6 Å². The number of fused-ring (bicyclic) bond motifs is 1. The Morgan fingerprint density at radius 3 is 3.00 bits per heavy atom. The lowest BCUT2D eigenvalue weighted by Gasteiger charge is -2.04. The van der Waals surface area contributed by atoms with E-state index in [4.69, 9.17) is 5.11 Å². The summed E-state index contributed by atoms with van der Waals surface area (Å²) >= 11 is 3.66. The molecule has 0 atom stereocenters. The number of hydrogen-bond acceptors (Lipinski definition) is 3. The second-order valence-electron chi connectivity index (χ2n) is 5.11. The average Bonchev–Trinajstić information content (AvgIpc) is 3.13. The van der Waals surface area contributed by atoms with E-state index in [1.54, 1.807) is 11.3 Å². The van der Waals surface area contributed by atoms with Crippen molar-refractivity contribution in [1.82, 2.24) is 0 Å². The summed E-state index contributed by atoms with van der Waals surface area (Å²) in [5.41, 5.74) is 4.18. The Labute approximate surface area is 134 Å². The van der Waals surface area contributed by atoms with Crippen molar-refractivity contribution in [2.24, 2.45) is 0 Å². The van der Waals surface area contributed by atoms with Crippen LogP contribution >= 0.6 is 23.1 Å². The molecule has 0 spiro atoms. The fourth-order valence-corrected chi connectivity index (χ4v) is 4.47. The van der Waals surface area contributed by atoms with Gasteiger partial charge in [0.25, 0.3) is 0 Å². The standard InChI is InChI=1S/C18H18OS2/c19-10-2-1-4-15-9-11-20-18(15)13-21-17-8-7-14-5-3-6-16(14)12-17/h7-9,11-12,19H,2-3,5-6,10,13H2. The van der Waals surface area contributed by atoms with Gasteiger partial charge in [-0.25, -0.2) is 0 Å². The highest BCUT2D eigenvalue weighted by Crippen LogP contribution is 2.31. The Morgan fingerprint density at radius 2 is 2.10 bits per heavy atom. The minimum atomic E-state index is 0.135. The Balaban J connectivity index is 1.66. The van der Waals surface area contributed by atoms with E-state index >= 15 is 0 Å². The van der Waals surface area contributed by atoms with Crippen LogP contribution in [0.15, 0.2) is 34.5 Å². The van der Waals surface area contributed by atoms with E-state index in [9.17, 15) is 0 Å². The predicted octanol–water partition coefficient (Wildman–Crippen LogP) is 4.26. The van der Waals surface area contributed by atoms with E-state index < -0.39 is 0 Å². The van der Waals surface area contributed by atoms with Gasteiger partial charge in [-0.2, -0.15) is 0 Å². The van der Waals surface area contributed by atoms with Crippen LogP contribution in [0.4, 0.5) is 0 Å². The number of hydrogen-bond donors (Lipinski definition) is 1. The van der Waals surface area contributed by atoms with Gasteiger partial charge in [0, 0.05) is 27.5 Å². The summed E-state index contributed by atoms with van der Waals surface area (Å²) in [5.74, 6) is 7.14. The van der Waals surface area contributed by atoms with E-state index in [1.807, 2.05) is 11.8 Å². The summed E-state index contributed by atoms with van der Waals surface area (Å²) in [4.78, 5) is 2.68. The number of aliphatic hydroxyl groups is 1. The zero-order valence-corrected chi connectivity index (χ0v) is 13.5. The quantitative estimate of drug-likeness (QED) is 0.672. The Bertz CT molecular complexity index is 676. The highest BCUT2D eigenvalue weighted by atomic mass is 32.2. The molecular weight excluding hydrogens is 296 g/mol. The van der Waals surface area contributed by atoms with Crippen LogP contribution in [-0.4, -0.2) is 11.7 Å². The van der Waals surface area contributed by atoms with Crippen LogP contribution in [0.2, 0.25) is 0 Å². The van der Waals surface area contributed by atoms with Gasteiger partial charge in [0.05, 0.1) is 6.61 Å². The molecule has 1 aromatic carbocycles. The molecular formula is C18H18OS2. The van der Waals surface area contributed by atoms with Crippen molar-refractivity contribution in [2.75, 3.05) is 6.61 Å². The normalized spacial score (nSPS) is 12.8. The van der Waals surface area contributed by atoms with Crippen LogP contribution in [0.1, 0.15) is 34.4 Å². The summed E-state index contributed by atoms with van der Waals surface area (Å²) in [6, 6.07) is 8.98. The molecule has 1 heterocycles. The number of benzene rings is 1. The molecule has 1 aliphatic rings. The molecule has 0 saturated carbocycles. The molecule has 0 radical (unpaired) electrons. The van der Waals surface area contributed by atoms with Gasteiger partial charge in [0.15, 0.2) is 0 Å². The van der Waals surface area contributed by atoms with Crippen molar-refractivity contribution < 1.29 is 5.11 Å². The highest BCUT2D eigenvalue weighted by molar-refractivity contribution is 7.98. The van der Waals surface area contributed by atoms with Crippen LogP contribution in [0, 0.1) is 11.8 Å². The molecule has 108 valence electrons. The molecule has 1 nitrogen and oxygen atoms in total. The highest BCUT2D eigenvalue weighted by Gasteiger charge is 2.11. The first-order valence-electron chi connectivity index (χ1n) is 7.27. The summed E-state index contributed by atoms with van der Waals surface area (Å²) in [6.45, 7) is 0.135. The van der Waals surface area contributed by atoms with Crippen LogP contribution in [0.5, 0.6) is 0 Å². The van der Waals surface area contributed by atoms with Crippen LogP contribution in [0.3, 0.4) is 0 Å². The van der Waals surface area contributed by atoms with Gasteiger partial charge >= 0.3 is 0 Å². The van der Waals surface area contributed by atoms with Gasteiger partial charge in [-0.3, -0.25) is 0 Å². The Morgan fingerprint density at radius 1 is 1.19 bits per heavy atom. The monoisotopic (exact) mass is 314 g/mol. The maximum absolute atomic E-state index is 8.79. The third kappa shape index (κ3) is 3.71. The molecule has 3 heteroatoms. The molecule has 1 aliphatic carbocycles. The second-order valence-corrected chi connectivity index (χ2v) is 7.16. The topological polar surface area (TPSA) is 20.2 Å². The third-order valence-electron chi connectivity index (χ3n) is 3.65. The largest absolute Gasteiger partial charge is 0.395 e. The third-order valence-corrected chi connectivity index (χ3v) is 5.77. The van der Waals surface area contributed by atoms with Gasteiger partial charge in [-0.1, -0.05) is 17.9 Å². The number of rotatable bonds is 4. The lowest BCUT2D eigenvalue weighted by atomic mass is 10.1. The molecule has 0 saturated heterocycles. The van der Waals surface area contributed by atoms with Gasteiger partial charge in [-0.05, 0) is 54.0 Å². The van der Waals surface area contributed by atoms with Gasteiger partial charge < -0.3 is 5.11 Å². The van der Waals surface area contributed by atoms with Crippen LogP contribution in [0.25, 0.3) is 0 Å². The van der Waals surface area contributed by atoms with Crippen LogP contribution < -0.4 is 0 Å². The number of thioether (sulfide) groups is 1. The Hall–Kier alpha value is -1.21. The summed E-state index contributed by atoms with van der Waals surface area (Å²) in [7, 11) is 0. The molecule has 3 rings (SSSR count). The average molecular weight is 314 g/mol. The first-order valence-corrected chi connectivity index (χ1v) is 9.14. The van der Waals surface area contributed by atoms with E-state index in [0.717, 1.165) is 11.3 Å². The summed E-state index contributed by atoms with van der Waals surface area (Å²) in [6.07, 6.45) is 4.34. The van der Waals surface area contributed by atoms with E-state index in [2.05, 4.69) is 41.5 Å². The van der Waals surface area contributed by atoms with Crippen molar-refractivity contribution >= 4 is 23.1 Å². The van der Waals surface area contributed by atoms with E-state index in [-0.39, 0.29) is 6.61 Å². The first kappa shape index (κ1) is 14.7. The zero-order chi connectivity index (χ0) is 14.5. The predicted molar refractivity (Wildman–Crippen MR) is 90.9 cm³/mol. The molecule has 0 aliphatic heterocycles. The molecule has 0 bridgehead atoms. The molecule has 0 fully saturated rings. The number of aliphatic hydroxyl groups excluding tert-OH is 1. The first-order chi connectivity index (χ1) is 10.4. The van der Waals surface area contributed by atoms with E-state index in [0.29, 0.717) is 6.42 Å². The van der Waals surface area contributed by atoms with Crippen molar-refractivity contribution in [3.8, 4) is 11.8 Å². The molecule has 1 aromatic heterocycles. The van der Waals surface area contributed by atoms with Crippen molar-refractivity contribution in [3.05, 3.63) is 51.2 Å². The van der Waals surface area contributed by atoms with Crippen molar-refractivity contribution in [1.29, 1.82) is 0 Å². The molecule has 21 heavy (non-hydrogen) atoms. The Kier molecular flexibility index (Phi) is 5.03. The van der Waals surface area contributed by atoms with E-state index in [1.165, 1.54) is 40.2 Å². The minimum Gasteiger partial charge on any atom is -0.395 e. The second kappa shape index (κ2) is 7.17. The van der Waals surface area contributed by atoms with Crippen molar-refractivity contribution in [2.45, 2.75) is 36.3 Å². The smallest absolute Gasteiger partial charge is 0.0540 e. The summed E-state index contributed by atoms with van der Waals surface area (Å²) < 4.78 is 0. The van der Waals surface area contributed by atoms with Gasteiger partial charge in [0.2, 0.25) is 0 Å². The maximum atomic E-state index is 8.79. The maximum Gasteiger partial charge on any atom is 0.0540 e. The molecule has 0 unspecified atom stereocenters. The SMILES string of the molecule is OCCC#Cc1ccsc1CSc1ccc2c(c1)CCC2. The van der Waals surface area contributed by atoms with Gasteiger partial charge in [-0.15, -0.1) is 23.1 Å². The number of thiophene rings is 1. The zero-order valence-electron chi connectivity index (χ0n) is 11.9. The summed E-state index contributed by atoms with van der Waals surface area (Å²) in [5, 5.41) is 10.9. The lowest BCUT2D eigenvalue weighted by molar-refractivity contribution is 0.305. The molecule has 1 N–H and O–H groups in total. The lowest BCUT2D eigenvalue weighted by Crippen LogP contribution is -1.84.